The molecular weight excluding hydrogens is 240 g/mol. The van der Waals surface area contributed by atoms with E-state index in [2.05, 4.69) is 15.6 Å². The van der Waals surface area contributed by atoms with Crippen molar-refractivity contribution in [2.24, 2.45) is 5.73 Å². The SMILES string of the molecule is CCn1c(N)c(NCCNC(N)=O)c(=O)[nH]c1=O. The first-order chi connectivity index (χ1) is 8.47. The normalized spacial score (nSPS) is 10.1. The molecule has 2 amide bonds. The van der Waals surface area contributed by atoms with Crippen LogP contribution in [0.2, 0.25) is 0 Å². The van der Waals surface area contributed by atoms with Gasteiger partial charge in [0.15, 0.2) is 0 Å². The zero-order valence-corrected chi connectivity index (χ0v) is 9.95. The third-order valence-electron chi connectivity index (χ3n) is 2.28. The van der Waals surface area contributed by atoms with Crippen molar-refractivity contribution in [2.75, 3.05) is 24.1 Å². The van der Waals surface area contributed by atoms with Crippen LogP contribution in [0.3, 0.4) is 0 Å². The van der Waals surface area contributed by atoms with Gasteiger partial charge < -0.3 is 22.1 Å². The van der Waals surface area contributed by atoms with E-state index < -0.39 is 17.3 Å². The zero-order valence-electron chi connectivity index (χ0n) is 9.95. The molecule has 0 atom stereocenters. The summed E-state index contributed by atoms with van der Waals surface area (Å²) in [6, 6.07) is -0.655. The fraction of sp³-hybridized carbons (Fsp3) is 0.444. The lowest BCUT2D eigenvalue weighted by molar-refractivity contribution is 0.249. The number of hydrogen-bond acceptors (Lipinski definition) is 5. The first-order valence-electron chi connectivity index (χ1n) is 5.37. The minimum absolute atomic E-state index is 0.0605. The monoisotopic (exact) mass is 256 g/mol. The Morgan fingerprint density at radius 2 is 2.06 bits per heavy atom. The number of urea groups is 1. The number of rotatable bonds is 5. The summed E-state index contributed by atoms with van der Waals surface area (Å²) in [5.74, 6) is 0.0605. The van der Waals surface area contributed by atoms with Gasteiger partial charge in [-0.15, -0.1) is 0 Å². The number of hydrogen-bond donors (Lipinski definition) is 5. The van der Waals surface area contributed by atoms with Crippen LogP contribution in [0, 0.1) is 0 Å². The predicted octanol–water partition coefficient (Wildman–Crippen LogP) is -1.78. The molecule has 0 aliphatic heterocycles. The average Bonchev–Trinajstić information content (AvgIpc) is 2.27. The molecule has 0 aliphatic rings. The molecule has 1 heterocycles. The Morgan fingerprint density at radius 1 is 1.39 bits per heavy atom. The summed E-state index contributed by atoms with van der Waals surface area (Å²) in [6.07, 6.45) is 0. The van der Waals surface area contributed by atoms with Gasteiger partial charge in [-0.1, -0.05) is 0 Å². The maximum Gasteiger partial charge on any atom is 0.330 e. The van der Waals surface area contributed by atoms with Crippen LogP contribution in [-0.2, 0) is 6.54 Å². The van der Waals surface area contributed by atoms with Crippen molar-refractivity contribution in [3.63, 3.8) is 0 Å². The number of carbonyl (C=O) groups is 1. The molecule has 9 heteroatoms. The van der Waals surface area contributed by atoms with E-state index in [0.717, 1.165) is 0 Å². The highest BCUT2D eigenvalue weighted by atomic mass is 16.2. The smallest absolute Gasteiger partial charge is 0.330 e. The number of amides is 2. The summed E-state index contributed by atoms with van der Waals surface area (Å²) in [5, 5.41) is 5.09. The van der Waals surface area contributed by atoms with Crippen molar-refractivity contribution in [1.82, 2.24) is 14.9 Å². The van der Waals surface area contributed by atoms with Crippen LogP contribution in [0.25, 0.3) is 0 Å². The molecule has 0 spiro atoms. The molecule has 0 fully saturated rings. The number of anilines is 2. The summed E-state index contributed by atoms with van der Waals surface area (Å²) in [6.45, 7) is 2.57. The highest BCUT2D eigenvalue weighted by Crippen LogP contribution is 2.08. The van der Waals surface area contributed by atoms with Crippen LogP contribution >= 0.6 is 0 Å². The molecule has 0 bridgehead atoms. The maximum atomic E-state index is 11.5. The van der Waals surface area contributed by atoms with E-state index in [4.69, 9.17) is 11.5 Å². The van der Waals surface area contributed by atoms with Crippen LogP contribution in [0.1, 0.15) is 6.92 Å². The van der Waals surface area contributed by atoms with Crippen molar-refractivity contribution in [2.45, 2.75) is 13.5 Å². The van der Waals surface area contributed by atoms with Crippen molar-refractivity contribution >= 4 is 17.5 Å². The first kappa shape index (κ1) is 13.6. The van der Waals surface area contributed by atoms with E-state index in [0.29, 0.717) is 6.54 Å². The van der Waals surface area contributed by atoms with Crippen LogP contribution in [-0.4, -0.2) is 28.7 Å². The van der Waals surface area contributed by atoms with Crippen LogP contribution < -0.4 is 33.3 Å². The van der Waals surface area contributed by atoms with Gasteiger partial charge in [-0.3, -0.25) is 14.3 Å². The summed E-state index contributed by atoms with van der Waals surface area (Å²) in [4.78, 5) is 35.5. The average molecular weight is 256 g/mol. The van der Waals surface area contributed by atoms with Gasteiger partial charge in [0.25, 0.3) is 5.56 Å². The van der Waals surface area contributed by atoms with E-state index >= 15 is 0 Å². The largest absolute Gasteiger partial charge is 0.383 e. The molecule has 1 aromatic heterocycles. The van der Waals surface area contributed by atoms with E-state index in [1.807, 2.05) is 0 Å². The molecule has 18 heavy (non-hydrogen) atoms. The van der Waals surface area contributed by atoms with Gasteiger partial charge in [0, 0.05) is 19.6 Å². The fourth-order valence-corrected chi connectivity index (χ4v) is 1.45. The Labute approximate surface area is 102 Å². The van der Waals surface area contributed by atoms with Crippen LogP contribution in [0.15, 0.2) is 9.59 Å². The van der Waals surface area contributed by atoms with E-state index in [1.165, 1.54) is 4.57 Å². The number of aromatic nitrogens is 2. The molecular formula is C9H16N6O3. The second-order valence-electron chi connectivity index (χ2n) is 3.48. The second kappa shape index (κ2) is 5.75. The van der Waals surface area contributed by atoms with Gasteiger partial charge in [-0.05, 0) is 6.92 Å². The number of nitrogens with zero attached hydrogens (tertiary/aromatic N) is 1. The quantitative estimate of drug-likeness (QED) is 0.395. The Balaban J connectivity index is 2.86. The number of nitrogen functional groups attached to an aromatic ring is 1. The highest BCUT2D eigenvalue weighted by molar-refractivity contribution is 5.71. The number of primary amides is 1. The summed E-state index contributed by atoms with van der Waals surface area (Å²) >= 11 is 0. The third kappa shape index (κ3) is 3.03. The van der Waals surface area contributed by atoms with Crippen molar-refractivity contribution in [3.05, 3.63) is 20.8 Å². The number of H-pyrrole nitrogens is 1. The van der Waals surface area contributed by atoms with Gasteiger partial charge in [0.2, 0.25) is 0 Å². The summed E-state index contributed by atoms with van der Waals surface area (Å²) in [7, 11) is 0. The third-order valence-corrected chi connectivity index (χ3v) is 2.28. The number of nitrogens with two attached hydrogens (primary N) is 2. The predicted molar refractivity (Wildman–Crippen MR) is 67.5 cm³/mol. The van der Waals surface area contributed by atoms with Gasteiger partial charge in [-0.2, -0.15) is 0 Å². The highest BCUT2D eigenvalue weighted by Gasteiger charge is 2.10. The Kier molecular flexibility index (Phi) is 4.35. The van der Waals surface area contributed by atoms with E-state index in [-0.39, 0.29) is 24.6 Å². The topological polar surface area (TPSA) is 148 Å². The molecule has 1 rings (SSSR count). The van der Waals surface area contributed by atoms with Gasteiger partial charge in [0.1, 0.15) is 11.5 Å². The number of carbonyl (C=O) groups excluding carboxylic acids is 1. The molecule has 1 aromatic rings. The van der Waals surface area contributed by atoms with E-state index in [1.54, 1.807) is 6.92 Å². The molecule has 0 unspecified atom stereocenters. The molecule has 0 aliphatic carbocycles. The summed E-state index contributed by atoms with van der Waals surface area (Å²) < 4.78 is 1.23. The van der Waals surface area contributed by atoms with Crippen molar-refractivity contribution in [3.8, 4) is 0 Å². The van der Waals surface area contributed by atoms with Crippen molar-refractivity contribution in [1.29, 1.82) is 0 Å². The molecule has 0 aromatic carbocycles. The Hall–Kier alpha value is -2.45. The van der Waals surface area contributed by atoms with Gasteiger partial charge in [-0.25, -0.2) is 9.59 Å². The molecule has 0 radical (unpaired) electrons. The Morgan fingerprint density at radius 3 is 2.61 bits per heavy atom. The maximum absolute atomic E-state index is 11.5. The second-order valence-corrected chi connectivity index (χ2v) is 3.48. The first-order valence-corrected chi connectivity index (χ1v) is 5.37. The lowest BCUT2D eigenvalue weighted by atomic mass is 10.4. The Bertz CT molecular complexity index is 546. The fourth-order valence-electron chi connectivity index (χ4n) is 1.45. The lowest BCUT2D eigenvalue weighted by Gasteiger charge is -2.12. The number of aromatic amines is 1. The standard InChI is InChI=1S/C9H16N6O3/c1-2-15-6(10)5(7(16)14-9(15)18)12-3-4-13-8(11)17/h12H,2-4,10H2,1H3,(H3,11,13,17)(H,14,16,18). The van der Waals surface area contributed by atoms with Gasteiger partial charge >= 0.3 is 11.7 Å². The van der Waals surface area contributed by atoms with Gasteiger partial charge in [0.05, 0.1) is 0 Å². The minimum Gasteiger partial charge on any atom is -0.383 e. The molecule has 9 nitrogen and oxygen atoms in total. The lowest BCUT2D eigenvalue weighted by Crippen LogP contribution is -2.36. The van der Waals surface area contributed by atoms with Crippen LogP contribution in [0.5, 0.6) is 0 Å². The molecule has 0 saturated heterocycles. The zero-order chi connectivity index (χ0) is 13.7. The van der Waals surface area contributed by atoms with Crippen LogP contribution in [0.4, 0.5) is 16.3 Å². The summed E-state index contributed by atoms with van der Waals surface area (Å²) in [5.41, 5.74) is 9.54. The van der Waals surface area contributed by atoms with E-state index in [9.17, 15) is 14.4 Å². The number of nitrogens with one attached hydrogen (secondary N) is 3. The molecule has 7 N–H and O–H groups in total. The van der Waals surface area contributed by atoms with Crippen molar-refractivity contribution < 1.29 is 4.79 Å². The minimum atomic E-state index is -0.655. The molecule has 100 valence electrons. The molecule has 0 saturated carbocycles.